The second-order valence-electron chi connectivity index (χ2n) is 19.9. The third-order valence-electron chi connectivity index (χ3n) is 15.2. The number of nitrogens with zero attached hydrogens (tertiary/aromatic N) is 3. The van der Waals surface area contributed by atoms with E-state index in [2.05, 4.69) is 189 Å². The van der Waals surface area contributed by atoms with Gasteiger partial charge in [0, 0.05) is 55.9 Å². The Labute approximate surface area is 388 Å². The number of hydrogen-bond acceptors (Lipinski definition) is 2. The lowest BCUT2D eigenvalue weighted by Crippen LogP contribution is -2.62. The van der Waals surface area contributed by atoms with Crippen LogP contribution in [-0.4, -0.2) is 11.4 Å². The fourth-order valence-electron chi connectivity index (χ4n) is 11.8. The van der Waals surface area contributed by atoms with E-state index in [0.29, 0.717) is 0 Å². The molecule has 0 saturated carbocycles. The molecule has 3 aliphatic heterocycles. The van der Waals surface area contributed by atoms with Gasteiger partial charge in [-0.2, -0.15) is 0 Å². The maximum atomic E-state index is 2.77. The summed E-state index contributed by atoms with van der Waals surface area (Å²) in [7, 11) is 0. The first kappa shape index (κ1) is 41.7. The maximum absolute atomic E-state index is 2.77. The van der Waals surface area contributed by atoms with Gasteiger partial charge < -0.3 is 14.3 Å². The summed E-state index contributed by atoms with van der Waals surface area (Å²) >= 11 is 0. The lowest BCUT2D eigenvalue weighted by molar-refractivity contribution is 0.634. The van der Waals surface area contributed by atoms with Crippen LogP contribution in [0.5, 0.6) is 0 Å². The smallest absolute Gasteiger partial charge is 0.333 e. The average molecular weight is 850 g/mol. The van der Waals surface area contributed by atoms with E-state index >= 15 is 0 Å². The van der Waals surface area contributed by atoms with Crippen LogP contribution < -0.4 is 20.6 Å². The molecule has 11 rings (SSSR count). The highest BCUT2D eigenvalue weighted by Crippen LogP contribution is 2.56. The number of rotatable bonds is 15. The summed E-state index contributed by atoms with van der Waals surface area (Å²) < 4.78 is 2.68. The summed E-state index contributed by atoms with van der Waals surface area (Å²) in [6.07, 6.45) is 14.0. The highest BCUT2D eigenvalue weighted by atomic mass is 15.2. The average Bonchev–Trinajstić information content (AvgIpc) is 3.66. The molecule has 0 fully saturated rings. The van der Waals surface area contributed by atoms with E-state index in [0.717, 1.165) is 25.7 Å². The number of benzene rings is 7. The van der Waals surface area contributed by atoms with Crippen LogP contribution in [0, 0.1) is 0 Å². The third kappa shape index (κ3) is 6.76. The van der Waals surface area contributed by atoms with E-state index in [9.17, 15) is 0 Å². The number of aromatic nitrogens is 1. The third-order valence-corrected chi connectivity index (χ3v) is 15.2. The van der Waals surface area contributed by atoms with Gasteiger partial charge in [0.25, 0.3) is 0 Å². The molecule has 0 bridgehead atoms. The van der Waals surface area contributed by atoms with Gasteiger partial charge in [0.2, 0.25) is 0 Å². The van der Waals surface area contributed by atoms with Gasteiger partial charge in [-0.25, -0.2) is 0 Å². The van der Waals surface area contributed by atoms with Crippen LogP contribution >= 0.6 is 0 Å². The Kier molecular flexibility index (Phi) is 10.8. The molecular formula is C61H64BN3. The van der Waals surface area contributed by atoms with E-state index in [1.807, 2.05) is 0 Å². The topological polar surface area (TPSA) is 11.4 Å². The van der Waals surface area contributed by atoms with Crippen molar-refractivity contribution in [3.8, 4) is 16.8 Å². The van der Waals surface area contributed by atoms with Crippen molar-refractivity contribution in [2.45, 2.75) is 124 Å². The van der Waals surface area contributed by atoms with Crippen molar-refractivity contribution in [1.82, 2.24) is 4.57 Å². The minimum Gasteiger partial charge on any atom is -0.376 e. The zero-order valence-electron chi connectivity index (χ0n) is 39.6. The second kappa shape index (κ2) is 16.8. The van der Waals surface area contributed by atoms with E-state index in [4.69, 9.17) is 0 Å². The summed E-state index contributed by atoms with van der Waals surface area (Å²) in [5, 5.41) is 2.78. The minimum absolute atomic E-state index is 0.00421. The molecule has 7 aromatic carbocycles. The van der Waals surface area contributed by atoms with Crippen LogP contribution in [0.1, 0.15) is 126 Å². The van der Waals surface area contributed by atoms with Crippen LogP contribution in [0.25, 0.3) is 38.6 Å². The van der Waals surface area contributed by atoms with Gasteiger partial charge in [-0.15, -0.1) is 0 Å². The molecular weight excluding hydrogens is 786 g/mol. The predicted molar refractivity (Wildman–Crippen MR) is 281 cm³/mol. The standard InChI is InChI=1S/C61H64BN3/c1-7-11-18-41-26-31-45(32-27-41)63(46-33-28-42(29-34-46)19-12-8-2)47-39-50-48-22-17-24-53-59(48)65(56-25-16-15-23-52(56)61(53,5)6)62-54-38-44(21-14-10-4)37-51-49-36-43(20-13-9-3)30-35-55(49)64(60(51)54)57(40-47)58(50)62/h15-17,22-40H,7-14,18-21H2,1-6H3. The van der Waals surface area contributed by atoms with Crippen LogP contribution in [0.3, 0.4) is 0 Å². The predicted octanol–water partition coefficient (Wildman–Crippen LogP) is 15.5. The van der Waals surface area contributed by atoms with Gasteiger partial charge in [0.05, 0.1) is 11.0 Å². The molecule has 3 aliphatic rings. The molecule has 0 spiro atoms. The number of para-hydroxylation sites is 2. The first-order valence-electron chi connectivity index (χ1n) is 25.1. The Bertz CT molecular complexity index is 3030. The molecule has 0 saturated heterocycles. The number of unbranched alkanes of at least 4 members (excludes halogenated alkanes) is 4. The van der Waals surface area contributed by atoms with E-state index < -0.39 is 0 Å². The van der Waals surface area contributed by atoms with Gasteiger partial charge in [-0.1, -0.05) is 140 Å². The molecule has 326 valence electrons. The van der Waals surface area contributed by atoms with Crippen molar-refractivity contribution < 1.29 is 0 Å². The Balaban J connectivity index is 1.24. The quantitative estimate of drug-likeness (QED) is 0.0952. The van der Waals surface area contributed by atoms with Gasteiger partial charge in [-0.3, -0.25) is 0 Å². The Morgan fingerprint density at radius 1 is 0.492 bits per heavy atom. The molecule has 4 heterocycles. The van der Waals surface area contributed by atoms with Crippen LogP contribution in [-0.2, 0) is 31.1 Å². The van der Waals surface area contributed by atoms with Crippen molar-refractivity contribution >= 4 is 68.0 Å². The molecule has 65 heavy (non-hydrogen) atoms. The first-order chi connectivity index (χ1) is 31.8. The molecule has 8 aromatic rings. The minimum atomic E-state index is -0.168. The summed E-state index contributed by atoms with van der Waals surface area (Å²) in [6.45, 7) is 14.1. The van der Waals surface area contributed by atoms with Crippen molar-refractivity contribution in [2.75, 3.05) is 9.71 Å². The molecule has 0 unspecified atom stereocenters. The van der Waals surface area contributed by atoms with Crippen LogP contribution in [0.4, 0.5) is 28.4 Å². The zero-order chi connectivity index (χ0) is 44.4. The molecule has 4 heteroatoms. The first-order valence-corrected chi connectivity index (χ1v) is 25.1. The number of hydrogen-bond donors (Lipinski definition) is 0. The molecule has 0 radical (unpaired) electrons. The largest absolute Gasteiger partial charge is 0.376 e. The van der Waals surface area contributed by atoms with Crippen molar-refractivity contribution in [1.29, 1.82) is 0 Å². The van der Waals surface area contributed by atoms with Crippen LogP contribution in [0.2, 0.25) is 0 Å². The fourth-order valence-corrected chi connectivity index (χ4v) is 11.8. The molecule has 0 amide bonds. The molecule has 1 aromatic heterocycles. The molecule has 3 nitrogen and oxygen atoms in total. The monoisotopic (exact) mass is 850 g/mol. The Hall–Kier alpha value is -6.00. The van der Waals surface area contributed by atoms with Gasteiger partial charge in [-0.05, 0) is 162 Å². The summed E-state index contributed by atoms with van der Waals surface area (Å²) in [5.74, 6) is 0. The lowest BCUT2D eigenvalue weighted by atomic mass is 9.43. The zero-order valence-corrected chi connectivity index (χ0v) is 39.6. The summed E-state index contributed by atoms with van der Waals surface area (Å²) in [6, 6.07) is 53.0. The van der Waals surface area contributed by atoms with E-state index in [1.54, 1.807) is 0 Å². The van der Waals surface area contributed by atoms with Gasteiger partial charge in [0.1, 0.15) is 0 Å². The van der Waals surface area contributed by atoms with Crippen LogP contribution in [0.15, 0.2) is 133 Å². The Morgan fingerprint density at radius 3 is 1.74 bits per heavy atom. The summed E-state index contributed by atoms with van der Waals surface area (Å²) in [5.41, 5.74) is 24.1. The highest BCUT2D eigenvalue weighted by Gasteiger charge is 2.49. The van der Waals surface area contributed by atoms with Gasteiger partial charge >= 0.3 is 6.85 Å². The van der Waals surface area contributed by atoms with Crippen molar-refractivity contribution in [3.63, 3.8) is 0 Å². The number of fused-ring (bicyclic) bond motifs is 9. The Morgan fingerprint density at radius 2 is 1.08 bits per heavy atom. The van der Waals surface area contributed by atoms with Crippen molar-refractivity contribution in [2.24, 2.45) is 0 Å². The summed E-state index contributed by atoms with van der Waals surface area (Å²) in [4.78, 5) is 5.31. The van der Waals surface area contributed by atoms with Crippen molar-refractivity contribution in [3.05, 3.63) is 167 Å². The molecule has 0 N–H and O–H groups in total. The lowest BCUT2D eigenvalue weighted by Gasteiger charge is -2.50. The second-order valence-corrected chi connectivity index (χ2v) is 19.9. The molecule has 0 atom stereocenters. The van der Waals surface area contributed by atoms with Gasteiger partial charge in [0.15, 0.2) is 0 Å². The van der Waals surface area contributed by atoms with E-state index in [1.165, 1.54) is 163 Å². The van der Waals surface area contributed by atoms with E-state index in [-0.39, 0.29) is 12.3 Å². The molecule has 0 aliphatic carbocycles. The number of aryl methyl sites for hydroxylation is 4. The highest BCUT2D eigenvalue weighted by molar-refractivity contribution is 6.93. The normalized spacial score (nSPS) is 13.9. The number of anilines is 5. The fraction of sp³-hybridized carbons (Fsp3) is 0.311. The SMILES string of the molecule is CCCCc1ccc(N(c2ccc(CCCC)cc2)c2cc3c4c(c2)-n2c5ccc(CCCC)cc5c5cc(CCCC)cc(c52)B4N2c4ccccc4C(C)(C)c4cccc-3c42)cc1. The maximum Gasteiger partial charge on any atom is 0.333 e.